The molecule has 0 fully saturated rings. The number of rotatable bonds is 5. The molecule has 0 saturated carbocycles. The first-order chi connectivity index (χ1) is 14.6. The maximum absolute atomic E-state index is 13.4. The molecule has 0 spiro atoms. The number of carbonyl (C=O) groups excluding carboxylic acids is 1. The van der Waals surface area contributed by atoms with Gasteiger partial charge in [-0.15, -0.1) is 0 Å². The largest absolute Gasteiger partial charge is 0.312 e. The quantitative estimate of drug-likeness (QED) is 0.676. The zero-order chi connectivity index (χ0) is 22.6. The smallest absolute Gasteiger partial charge is 0.264 e. The first-order valence-corrected chi connectivity index (χ1v) is 13.0. The van der Waals surface area contributed by atoms with Gasteiger partial charge < -0.3 is 4.90 Å². The highest BCUT2D eigenvalue weighted by molar-refractivity contribution is 7.92. The minimum atomic E-state index is -3.81. The predicted molar refractivity (Wildman–Crippen MR) is 118 cm³/mol. The maximum Gasteiger partial charge on any atom is 0.264 e. The number of nitrogens with zero attached hydrogens (tertiary/aromatic N) is 3. The third-order valence-corrected chi connectivity index (χ3v) is 9.44. The fourth-order valence-corrected chi connectivity index (χ4v) is 6.59. The van der Waals surface area contributed by atoms with Crippen molar-refractivity contribution in [1.29, 1.82) is 0 Å². The van der Waals surface area contributed by atoms with E-state index in [1.807, 2.05) is 0 Å². The number of anilines is 2. The van der Waals surface area contributed by atoms with E-state index in [2.05, 4.69) is 0 Å². The Hall–Kier alpha value is -2.43. The standard InChI is InChI=1S/C21H25N3O5S2/c1-4-21(25)23-11-9-15-13-18(5-7-19(15)23)31(28,29)24-12-10-16-14-17(6-8-20(16)24)30(26,27)22(2)3/h5-8,13-14H,4,9-12H2,1-3H3. The molecule has 166 valence electrons. The molecule has 0 saturated heterocycles. The fraction of sp³-hybridized carbons (Fsp3) is 0.381. The fourth-order valence-electron chi connectivity index (χ4n) is 4.08. The molecule has 0 atom stereocenters. The predicted octanol–water partition coefficient (Wildman–Crippen LogP) is 1.99. The summed E-state index contributed by atoms with van der Waals surface area (Å²) in [5, 5.41) is 0. The minimum absolute atomic E-state index is 0.0197. The van der Waals surface area contributed by atoms with Gasteiger partial charge in [-0.25, -0.2) is 21.1 Å². The Bertz CT molecular complexity index is 1270. The van der Waals surface area contributed by atoms with Crippen molar-refractivity contribution in [1.82, 2.24) is 4.31 Å². The van der Waals surface area contributed by atoms with E-state index in [1.54, 1.807) is 36.1 Å². The van der Waals surface area contributed by atoms with Gasteiger partial charge in [-0.2, -0.15) is 0 Å². The summed E-state index contributed by atoms with van der Waals surface area (Å²) in [5.74, 6) is 0.0197. The molecule has 2 aliphatic heterocycles. The van der Waals surface area contributed by atoms with Crippen LogP contribution in [0.3, 0.4) is 0 Å². The van der Waals surface area contributed by atoms with Gasteiger partial charge in [0.2, 0.25) is 15.9 Å². The summed E-state index contributed by atoms with van der Waals surface area (Å²) in [6, 6.07) is 9.45. The highest BCUT2D eigenvalue weighted by Crippen LogP contribution is 2.37. The van der Waals surface area contributed by atoms with Crippen molar-refractivity contribution in [2.45, 2.75) is 36.0 Å². The summed E-state index contributed by atoms with van der Waals surface area (Å²) in [7, 11) is -4.48. The molecule has 10 heteroatoms. The number of hydrogen-bond acceptors (Lipinski definition) is 5. The normalized spacial score (nSPS) is 16.0. The number of hydrogen-bond donors (Lipinski definition) is 0. The van der Waals surface area contributed by atoms with E-state index in [0.717, 1.165) is 15.6 Å². The Morgan fingerprint density at radius 1 is 0.903 bits per heavy atom. The van der Waals surface area contributed by atoms with E-state index in [0.29, 0.717) is 37.1 Å². The number of carbonyl (C=O) groups is 1. The van der Waals surface area contributed by atoms with Gasteiger partial charge in [-0.05, 0) is 60.4 Å². The van der Waals surface area contributed by atoms with Crippen LogP contribution in [-0.2, 0) is 37.7 Å². The molecule has 2 aromatic carbocycles. The van der Waals surface area contributed by atoms with E-state index < -0.39 is 20.0 Å². The van der Waals surface area contributed by atoms with Crippen LogP contribution in [0.15, 0.2) is 46.2 Å². The van der Waals surface area contributed by atoms with Crippen LogP contribution in [0.2, 0.25) is 0 Å². The van der Waals surface area contributed by atoms with Crippen LogP contribution in [0.5, 0.6) is 0 Å². The van der Waals surface area contributed by atoms with Gasteiger partial charge in [-0.3, -0.25) is 9.10 Å². The molecule has 2 aliphatic rings. The molecule has 0 unspecified atom stereocenters. The molecule has 2 aromatic rings. The zero-order valence-electron chi connectivity index (χ0n) is 17.7. The topological polar surface area (TPSA) is 95.1 Å². The molecular weight excluding hydrogens is 438 g/mol. The lowest BCUT2D eigenvalue weighted by molar-refractivity contribution is -0.118. The van der Waals surface area contributed by atoms with Crippen LogP contribution in [0, 0.1) is 0 Å². The van der Waals surface area contributed by atoms with Gasteiger partial charge in [0.1, 0.15) is 0 Å². The Labute approximate surface area is 183 Å². The van der Waals surface area contributed by atoms with Crippen molar-refractivity contribution in [3.05, 3.63) is 47.5 Å². The van der Waals surface area contributed by atoms with Crippen molar-refractivity contribution in [3.63, 3.8) is 0 Å². The monoisotopic (exact) mass is 463 g/mol. The van der Waals surface area contributed by atoms with Crippen LogP contribution in [0.4, 0.5) is 11.4 Å². The van der Waals surface area contributed by atoms with Crippen LogP contribution in [0.25, 0.3) is 0 Å². The molecule has 0 N–H and O–H groups in total. The maximum atomic E-state index is 13.4. The van der Waals surface area contributed by atoms with E-state index in [1.165, 1.54) is 30.5 Å². The second-order valence-electron chi connectivity index (χ2n) is 7.84. The van der Waals surface area contributed by atoms with Crippen molar-refractivity contribution in [3.8, 4) is 0 Å². The number of amides is 1. The van der Waals surface area contributed by atoms with Crippen molar-refractivity contribution >= 4 is 37.3 Å². The molecule has 4 rings (SSSR count). The van der Waals surface area contributed by atoms with Crippen LogP contribution in [-0.4, -0.2) is 54.2 Å². The zero-order valence-corrected chi connectivity index (χ0v) is 19.3. The summed E-state index contributed by atoms with van der Waals surface area (Å²) in [4.78, 5) is 14.1. The average Bonchev–Trinajstić information content (AvgIpc) is 3.36. The van der Waals surface area contributed by atoms with Crippen LogP contribution < -0.4 is 9.21 Å². The lowest BCUT2D eigenvalue weighted by Crippen LogP contribution is -2.29. The first kappa shape index (κ1) is 21.8. The molecule has 1 amide bonds. The Morgan fingerprint density at radius 2 is 1.48 bits per heavy atom. The van der Waals surface area contributed by atoms with Gasteiger partial charge in [0, 0.05) is 39.3 Å². The van der Waals surface area contributed by atoms with E-state index in [9.17, 15) is 21.6 Å². The van der Waals surface area contributed by atoms with Gasteiger partial charge in [0.05, 0.1) is 15.5 Å². The molecule has 0 bridgehead atoms. The van der Waals surface area contributed by atoms with Crippen molar-refractivity contribution in [2.75, 3.05) is 36.4 Å². The number of sulfonamides is 2. The van der Waals surface area contributed by atoms with Gasteiger partial charge in [-0.1, -0.05) is 6.92 Å². The summed E-state index contributed by atoms with van der Waals surface area (Å²) in [5.41, 5.74) is 2.80. The molecule has 0 aromatic heterocycles. The molecule has 31 heavy (non-hydrogen) atoms. The molecule has 0 aliphatic carbocycles. The van der Waals surface area contributed by atoms with Gasteiger partial charge in [0.25, 0.3) is 10.0 Å². The minimum Gasteiger partial charge on any atom is -0.312 e. The SMILES string of the molecule is CCC(=O)N1CCc2cc(S(=O)(=O)N3CCc4cc(S(=O)(=O)N(C)C)ccc43)ccc21. The number of fused-ring (bicyclic) bond motifs is 2. The lowest BCUT2D eigenvalue weighted by Gasteiger charge is -2.21. The molecule has 8 nitrogen and oxygen atoms in total. The van der Waals surface area contributed by atoms with Crippen LogP contribution >= 0.6 is 0 Å². The highest BCUT2D eigenvalue weighted by Gasteiger charge is 2.33. The Kier molecular flexibility index (Phi) is 5.35. The summed E-state index contributed by atoms with van der Waals surface area (Å²) < 4.78 is 54.0. The second kappa shape index (κ2) is 7.61. The van der Waals surface area contributed by atoms with Gasteiger partial charge in [0.15, 0.2) is 0 Å². The Balaban J connectivity index is 1.67. The molecule has 2 heterocycles. The van der Waals surface area contributed by atoms with E-state index >= 15 is 0 Å². The first-order valence-electron chi connectivity index (χ1n) is 10.1. The second-order valence-corrected chi connectivity index (χ2v) is 11.9. The van der Waals surface area contributed by atoms with Gasteiger partial charge >= 0.3 is 0 Å². The molecular formula is C21H25N3O5S2. The third-order valence-electron chi connectivity index (χ3n) is 5.82. The average molecular weight is 464 g/mol. The Morgan fingerprint density at radius 3 is 2.16 bits per heavy atom. The third kappa shape index (κ3) is 3.52. The molecule has 0 radical (unpaired) electrons. The highest BCUT2D eigenvalue weighted by atomic mass is 32.2. The van der Waals surface area contributed by atoms with E-state index in [4.69, 9.17) is 0 Å². The van der Waals surface area contributed by atoms with E-state index in [-0.39, 0.29) is 22.2 Å². The lowest BCUT2D eigenvalue weighted by atomic mass is 10.2. The van der Waals surface area contributed by atoms with Crippen molar-refractivity contribution in [2.24, 2.45) is 0 Å². The van der Waals surface area contributed by atoms with Crippen molar-refractivity contribution < 1.29 is 21.6 Å². The number of benzene rings is 2. The van der Waals surface area contributed by atoms with Crippen LogP contribution in [0.1, 0.15) is 24.5 Å². The summed E-state index contributed by atoms with van der Waals surface area (Å²) in [6.45, 7) is 2.61. The summed E-state index contributed by atoms with van der Waals surface area (Å²) >= 11 is 0. The summed E-state index contributed by atoms with van der Waals surface area (Å²) in [6.07, 6.45) is 1.46.